The highest BCUT2D eigenvalue weighted by Gasteiger charge is 2.16. The minimum atomic E-state index is 1.02. The average Bonchev–Trinajstić information content (AvgIpc) is 3.11. The summed E-state index contributed by atoms with van der Waals surface area (Å²) in [5, 5.41) is 3.78. The summed E-state index contributed by atoms with van der Waals surface area (Å²) in [7, 11) is 0. The van der Waals surface area contributed by atoms with Crippen LogP contribution in [-0.2, 0) is 0 Å². The second kappa shape index (κ2) is 5.68. The van der Waals surface area contributed by atoms with E-state index in [1.54, 1.807) is 0 Å². The van der Waals surface area contributed by atoms with Crippen LogP contribution in [0.3, 0.4) is 0 Å². The fourth-order valence-corrected chi connectivity index (χ4v) is 4.71. The lowest BCUT2D eigenvalue weighted by Crippen LogP contribution is -1.96. The van der Waals surface area contributed by atoms with Gasteiger partial charge in [-0.1, -0.05) is 54.1 Å². The zero-order chi connectivity index (χ0) is 18.7. The molecular formula is C25H22N2. The first-order valence-corrected chi connectivity index (χ1v) is 9.41. The number of nitrogens with zero attached hydrogens (tertiary/aromatic N) is 2. The summed E-state index contributed by atoms with van der Waals surface area (Å²) in [6.07, 6.45) is 3.97. The van der Waals surface area contributed by atoms with Crippen molar-refractivity contribution in [2.24, 2.45) is 0 Å². The quantitative estimate of drug-likeness (QED) is 0.314. The lowest BCUT2D eigenvalue weighted by atomic mass is 9.89. The van der Waals surface area contributed by atoms with Crippen LogP contribution >= 0.6 is 0 Å². The summed E-state index contributed by atoms with van der Waals surface area (Å²) in [5.74, 6) is 0. The summed E-state index contributed by atoms with van der Waals surface area (Å²) in [6.45, 7) is 8.78. The Labute approximate surface area is 159 Å². The molecule has 0 saturated heterocycles. The van der Waals surface area contributed by atoms with E-state index in [2.05, 4.69) is 86.8 Å². The van der Waals surface area contributed by atoms with E-state index in [0.717, 1.165) is 5.65 Å². The van der Waals surface area contributed by atoms with Crippen molar-refractivity contribution in [3.8, 4) is 11.1 Å². The van der Waals surface area contributed by atoms with Crippen molar-refractivity contribution < 1.29 is 0 Å². The number of para-hydroxylation sites is 1. The Balaban J connectivity index is 2.07. The van der Waals surface area contributed by atoms with Crippen LogP contribution in [0.1, 0.15) is 22.3 Å². The van der Waals surface area contributed by atoms with E-state index in [1.807, 2.05) is 6.20 Å². The van der Waals surface area contributed by atoms with Gasteiger partial charge in [0, 0.05) is 28.6 Å². The van der Waals surface area contributed by atoms with Crippen LogP contribution in [0.2, 0.25) is 0 Å². The topological polar surface area (TPSA) is 17.3 Å². The maximum Gasteiger partial charge on any atom is 0.145 e. The number of rotatable bonds is 1. The molecule has 0 unspecified atom stereocenters. The number of imidazole rings is 1. The second-order valence-electron chi connectivity index (χ2n) is 7.59. The van der Waals surface area contributed by atoms with Gasteiger partial charge >= 0.3 is 0 Å². The molecule has 0 aliphatic rings. The third-order valence-electron chi connectivity index (χ3n) is 5.64. The Morgan fingerprint density at radius 1 is 0.778 bits per heavy atom. The maximum absolute atomic E-state index is 4.69. The Kier molecular flexibility index (Phi) is 3.38. The minimum absolute atomic E-state index is 1.02. The predicted octanol–water partition coefficient (Wildman–Crippen LogP) is 6.54. The summed E-state index contributed by atoms with van der Waals surface area (Å²) in [6, 6.07) is 17.8. The highest BCUT2D eigenvalue weighted by atomic mass is 15.0. The molecule has 132 valence electrons. The zero-order valence-electron chi connectivity index (χ0n) is 16.2. The van der Waals surface area contributed by atoms with E-state index in [-0.39, 0.29) is 0 Å². The highest BCUT2D eigenvalue weighted by Crippen LogP contribution is 2.39. The van der Waals surface area contributed by atoms with Crippen LogP contribution in [0.25, 0.3) is 38.4 Å². The first-order chi connectivity index (χ1) is 13.1. The third-order valence-corrected chi connectivity index (χ3v) is 5.64. The van der Waals surface area contributed by atoms with Crippen molar-refractivity contribution in [3.05, 3.63) is 83.2 Å². The second-order valence-corrected chi connectivity index (χ2v) is 7.59. The fourth-order valence-electron chi connectivity index (χ4n) is 4.71. The summed E-state index contributed by atoms with van der Waals surface area (Å²) >= 11 is 0. The van der Waals surface area contributed by atoms with E-state index >= 15 is 0 Å². The van der Waals surface area contributed by atoms with Crippen LogP contribution in [-0.4, -0.2) is 9.38 Å². The molecule has 0 bridgehead atoms. The lowest BCUT2D eigenvalue weighted by molar-refractivity contribution is 1.25. The van der Waals surface area contributed by atoms with Gasteiger partial charge in [-0.3, -0.25) is 4.40 Å². The Hall–Kier alpha value is -3.13. The number of hydrogen-bond acceptors (Lipinski definition) is 1. The van der Waals surface area contributed by atoms with Gasteiger partial charge in [-0.2, -0.15) is 0 Å². The molecule has 0 amide bonds. The third kappa shape index (κ3) is 2.23. The van der Waals surface area contributed by atoms with Crippen molar-refractivity contribution in [1.29, 1.82) is 0 Å². The number of aryl methyl sites for hydroxylation is 4. The molecule has 2 aromatic heterocycles. The number of aromatic nitrogens is 2. The van der Waals surface area contributed by atoms with Gasteiger partial charge in [0.05, 0.1) is 5.52 Å². The van der Waals surface area contributed by atoms with Gasteiger partial charge < -0.3 is 0 Å². The van der Waals surface area contributed by atoms with Gasteiger partial charge in [-0.25, -0.2) is 4.98 Å². The molecule has 3 aromatic carbocycles. The van der Waals surface area contributed by atoms with Crippen molar-refractivity contribution in [1.82, 2.24) is 9.38 Å². The summed E-state index contributed by atoms with van der Waals surface area (Å²) < 4.78 is 2.23. The number of benzene rings is 3. The smallest absolute Gasteiger partial charge is 0.145 e. The molecule has 0 N–H and O–H groups in total. The van der Waals surface area contributed by atoms with Crippen molar-refractivity contribution in [3.63, 3.8) is 0 Å². The van der Waals surface area contributed by atoms with Crippen LogP contribution in [0.5, 0.6) is 0 Å². The molecule has 0 radical (unpaired) electrons. The summed E-state index contributed by atoms with van der Waals surface area (Å²) in [5.41, 5.74) is 10.1. The van der Waals surface area contributed by atoms with Gasteiger partial charge in [0.2, 0.25) is 0 Å². The first-order valence-electron chi connectivity index (χ1n) is 9.41. The van der Waals surface area contributed by atoms with E-state index in [1.165, 1.54) is 55.1 Å². The van der Waals surface area contributed by atoms with Gasteiger partial charge in [-0.05, 0) is 55.5 Å². The largest absolute Gasteiger partial charge is 0.299 e. The lowest BCUT2D eigenvalue weighted by Gasteiger charge is -2.17. The fraction of sp³-hybridized carbons (Fsp3) is 0.160. The molecule has 2 heterocycles. The number of pyridine rings is 1. The molecule has 2 heteroatoms. The monoisotopic (exact) mass is 350 g/mol. The molecule has 2 nitrogen and oxygen atoms in total. The SMILES string of the molecule is Cc1cc(C)c(-c2cccc3c2c2cccc(C)c2n2ccnc32)c(C)c1. The maximum atomic E-state index is 4.69. The van der Waals surface area contributed by atoms with Gasteiger partial charge in [0.15, 0.2) is 0 Å². The van der Waals surface area contributed by atoms with E-state index in [0.29, 0.717) is 0 Å². The molecule has 0 atom stereocenters. The van der Waals surface area contributed by atoms with Crippen LogP contribution < -0.4 is 0 Å². The Bertz CT molecular complexity index is 1330. The van der Waals surface area contributed by atoms with E-state index in [4.69, 9.17) is 4.98 Å². The molecule has 0 spiro atoms. The molecule has 0 saturated carbocycles. The predicted molar refractivity (Wildman–Crippen MR) is 115 cm³/mol. The Morgan fingerprint density at radius 2 is 1.48 bits per heavy atom. The molecule has 5 rings (SSSR count). The van der Waals surface area contributed by atoms with Crippen molar-refractivity contribution in [2.75, 3.05) is 0 Å². The van der Waals surface area contributed by atoms with Crippen molar-refractivity contribution in [2.45, 2.75) is 27.7 Å². The Morgan fingerprint density at radius 3 is 2.26 bits per heavy atom. The minimum Gasteiger partial charge on any atom is -0.299 e. The van der Waals surface area contributed by atoms with Crippen molar-refractivity contribution >= 4 is 27.3 Å². The van der Waals surface area contributed by atoms with Crippen LogP contribution in [0.4, 0.5) is 0 Å². The standard InChI is InChI=1S/C25H22N2/c1-15-13-17(3)22(18(4)14-15)19-8-6-10-21-23(19)20-9-5-7-16(2)24(20)27-12-11-26-25(21)27/h5-14H,1-4H3. The van der Waals surface area contributed by atoms with Crippen LogP contribution in [0.15, 0.2) is 60.9 Å². The zero-order valence-corrected chi connectivity index (χ0v) is 16.2. The average molecular weight is 350 g/mol. The van der Waals surface area contributed by atoms with Gasteiger partial charge in [0.25, 0.3) is 0 Å². The van der Waals surface area contributed by atoms with Crippen LogP contribution in [0, 0.1) is 27.7 Å². The summed E-state index contributed by atoms with van der Waals surface area (Å²) in [4.78, 5) is 4.69. The molecule has 27 heavy (non-hydrogen) atoms. The first kappa shape index (κ1) is 16.1. The van der Waals surface area contributed by atoms with Gasteiger partial charge in [-0.15, -0.1) is 0 Å². The number of fused-ring (bicyclic) bond motifs is 6. The molecule has 0 aliphatic heterocycles. The molecular weight excluding hydrogens is 328 g/mol. The van der Waals surface area contributed by atoms with E-state index < -0.39 is 0 Å². The molecule has 0 aliphatic carbocycles. The van der Waals surface area contributed by atoms with Gasteiger partial charge in [0.1, 0.15) is 5.65 Å². The number of hydrogen-bond donors (Lipinski definition) is 0. The normalized spacial score (nSPS) is 11.7. The molecule has 5 aromatic rings. The molecule has 0 fully saturated rings. The highest BCUT2D eigenvalue weighted by molar-refractivity contribution is 6.18. The van der Waals surface area contributed by atoms with E-state index in [9.17, 15) is 0 Å².